The second kappa shape index (κ2) is 13.0. The molecule has 0 aliphatic heterocycles. The van der Waals surface area contributed by atoms with E-state index in [1.807, 2.05) is 6.92 Å². The summed E-state index contributed by atoms with van der Waals surface area (Å²) in [5.74, 6) is 0.549. The van der Waals surface area contributed by atoms with Crippen molar-refractivity contribution in [1.29, 1.82) is 0 Å². The van der Waals surface area contributed by atoms with Gasteiger partial charge in [0.2, 0.25) is 0 Å². The normalized spacial score (nSPS) is 15.9. The molecule has 0 aliphatic carbocycles. The maximum absolute atomic E-state index is 12.2. The van der Waals surface area contributed by atoms with Crippen molar-refractivity contribution in [3.63, 3.8) is 0 Å². The van der Waals surface area contributed by atoms with E-state index in [0.29, 0.717) is 5.75 Å². The van der Waals surface area contributed by atoms with Gasteiger partial charge < -0.3 is 0 Å². The van der Waals surface area contributed by atoms with Gasteiger partial charge in [-0.1, -0.05) is 71.6 Å². The van der Waals surface area contributed by atoms with Crippen molar-refractivity contribution in [3.8, 4) is 0 Å². The number of rotatable bonds is 14. The molecule has 0 saturated heterocycles. The van der Waals surface area contributed by atoms with Gasteiger partial charge in [-0.05, 0) is 19.8 Å². The third kappa shape index (κ3) is 13.3. The standard InChI is InChI=1S/C16H34O2S2/c1-4-6-8-10-11-13-15-20(17,19)18-16(3)14-12-9-7-5-2/h16H,4-15H2,1-3H3/t16-,20?/m1/s1. The molecular formula is C16H34O2S2. The highest BCUT2D eigenvalue weighted by atomic mass is 32.8. The van der Waals surface area contributed by atoms with Gasteiger partial charge in [0.1, 0.15) is 8.77 Å². The van der Waals surface area contributed by atoms with Crippen molar-refractivity contribution in [2.75, 3.05) is 5.75 Å². The van der Waals surface area contributed by atoms with E-state index in [1.54, 1.807) is 0 Å². The summed E-state index contributed by atoms with van der Waals surface area (Å²) in [6, 6.07) is 0. The van der Waals surface area contributed by atoms with Crippen molar-refractivity contribution in [2.24, 2.45) is 0 Å². The summed E-state index contributed by atoms with van der Waals surface area (Å²) in [6.07, 6.45) is 13.0. The van der Waals surface area contributed by atoms with Crippen LogP contribution in [0.2, 0.25) is 0 Å². The number of hydrogen-bond donors (Lipinski definition) is 0. The number of hydrogen-bond acceptors (Lipinski definition) is 3. The summed E-state index contributed by atoms with van der Waals surface area (Å²) < 4.78 is 17.8. The van der Waals surface area contributed by atoms with E-state index in [-0.39, 0.29) is 6.10 Å². The molecule has 0 fully saturated rings. The Morgan fingerprint density at radius 3 is 2.00 bits per heavy atom. The first-order valence-electron chi connectivity index (χ1n) is 8.42. The Morgan fingerprint density at radius 1 is 0.900 bits per heavy atom. The summed E-state index contributed by atoms with van der Waals surface area (Å²) in [4.78, 5) is 0. The first-order valence-corrected chi connectivity index (χ1v) is 11.0. The van der Waals surface area contributed by atoms with Crippen LogP contribution in [0.1, 0.15) is 91.4 Å². The second-order valence-corrected chi connectivity index (χ2v) is 9.03. The third-order valence-electron chi connectivity index (χ3n) is 3.52. The molecule has 0 rings (SSSR count). The van der Waals surface area contributed by atoms with Gasteiger partial charge in [-0.15, -0.1) is 0 Å². The van der Waals surface area contributed by atoms with Crippen LogP contribution >= 0.6 is 0 Å². The molecular weight excluding hydrogens is 288 g/mol. The first kappa shape index (κ1) is 20.3. The van der Waals surface area contributed by atoms with E-state index in [1.165, 1.54) is 44.9 Å². The third-order valence-corrected chi connectivity index (χ3v) is 5.67. The molecule has 0 amide bonds. The second-order valence-electron chi connectivity index (χ2n) is 5.79. The van der Waals surface area contributed by atoms with Crippen LogP contribution < -0.4 is 0 Å². The fraction of sp³-hybridized carbons (Fsp3) is 1.00. The molecule has 0 saturated carbocycles. The lowest BCUT2D eigenvalue weighted by molar-refractivity contribution is 0.229. The highest BCUT2D eigenvalue weighted by Crippen LogP contribution is 2.13. The van der Waals surface area contributed by atoms with E-state index < -0.39 is 8.77 Å². The van der Waals surface area contributed by atoms with Crippen LogP contribution in [0, 0.1) is 0 Å². The van der Waals surface area contributed by atoms with Gasteiger partial charge in [-0.25, -0.2) is 4.21 Å². The van der Waals surface area contributed by atoms with E-state index >= 15 is 0 Å². The Bertz CT molecular complexity index is 300. The summed E-state index contributed by atoms with van der Waals surface area (Å²) in [5.41, 5.74) is 0. The first-order chi connectivity index (χ1) is 9.52. The van der Waals surface area contributed by atoms with Crippen LogP contribution in [-0.2, 0) is 24.1 Å². The predicted molar refractivity (Wildman–Crippen MR) is 93.1 cm³/mol. The number of unbranched alkanes of at least 4 members (excludes halogenated alkanes) is 8. The molecule has 1 unspecified atom stereocenters. The zero-order valence-electron chi connectivity index (χ0n) is 13.7. The van der Waals surface area contributed by atoms with Gasteiger partial charge in [-0.2, -0.15) is 0 Å². The molecule has 0 radical (unpaired) electrons. The monoisotopic (exact) mass is 322 g/mol. The molecule has 0 aromatic heterocycles. The maximum Gasteiger partial charge on any atom is 0.144 e. The molecule has 2 nitrogen and oxygen atoms in total. The van der Waals surface area contributed by atoms with Crippen molar-refractivity contribution in [1.82, 2.24) is 0 Å². The molecule has 4 heteroatoms. The van der Waals surface area contributed by atoms with Crippen LogP contribution in [0.3, 0.4) is 0 Å². The lowest BCUT2D eigenvalue weighted by atomic mass is 10.1. The molecule has 0 N–H and O–H groups in total. The molecule has 0 aromatic carbocycles. The van der Waals surface area contributed by atoms with Gasteiger partial charge in [-0.3, -0.25) is 4.18 Å². The molecule has 0 bridgehead atoms. The summed E-state index contributed by atoms with van der Waals surface area (Å²) >= 11 is 5.13. The Balaban J connectivity index is 3.66. The zero-order chi connectivity index (χ0) is 15.3. The molecule has 122 valence electrons. The average molecular weight is 323 g/mol. The van der Waals surface area contributed by atoms with E-state index in [2.05, 4.69) is 13.8 Å². The maximum atomic E-state index is 12.2. The highest BCUT2D eigenvalue weighted by Gasteiger charge is 2.12. The van der Waals surface area contributed by atoms with Crippen LogP contribution in [0.5, 0.6) is 0 Å². The SMILES string of the molecule is CCCCCCCCS(=O)(=S)O[C@H](C)CCCCCC. The highest BCUT2D eigenvalue weighted by molar-refractivity contribution is 8.30. The van der Waals surface area contributed by atoms with Crippen molar-refractivity contribution in [3.05, 3.63) is 0 Å². The fourth-order valence-electron chi connectivity index (χ4n) is 2.26. The Hall–Kier alpha value is 0.330. The Kier molecular flexibility index (Phi) is 13.2. The minimum Gasteiger partial charge on any atom is -0.287 e. The van der Waals surface area contributed by atoms with Gasteiger partial charge in [0.05, 0.1) is 11.9 Å². The quantitative estimate of drug-likeness (QED) is 0.401. The largest absolute Gasteiger partial charge is 0.287 e. The molecule has 0 aliphatic rings. The molecule has 0 spiro atoms. The summed E-state index contributed by atoms with van der Waals surface area (Å²) in [7, 11) is -2.48. The lowest BCUT2D eigenvalue weighted by Crippen LogP contribution is -2.17. The predicted octanol–water partition coefficient (Wildman–Crippen LogP) is 5.38. The molecule has 2 atom stereocenters. The lowest BCUT2D eigenvalue weighted by Gasteiger charge is -2.15. The van der Waals surface area contributed by atoms with Crippen LogP contribution in [0.15, 0.2) is 0 Å². The van der Waals surface area contributed by atoms with Crippen molar-refractivity contribution in [2.45, 2.75) is 97.5 Å². The molecule has 0 heterocycles. The minimum absolute atomic E-state index is 0.0388. The van der Waals surface area contributed by atoms with Crippen molar-refractivity contribution >= 4 is 20.0 Å². The zero-order valence-corrected chi connectivity index (χ0v) is 15.3. The minimum atomic E-state index is -2.48. The van der Waals surface area contributed by atoms with Gasteiger partial charge in [0, 0.05) is 11.2 Å². The van der Waals surface area contributed by atoms with Crippen LogP contribution in [0.25, 0.3) is 0 Å². The smallest absolute Gasteiger partial charge is 0.144 e. The summed E-state index contributed by atoms with van der Waals surface area (Å²) in [6.45, 7) is 6.42. The summed E-state index contributed by atoms with van der Waals surface area (Å²) in [5, 5.41) is 0. The van der Waals surface area contributed by atoms with Crippen molar-refractivity contribution < 1.29 is 8.39 Å². The van der Waals surface area contributed by atoms with Gasteiger partial charge >= 0.3 is 0 Å². The van der Waals surface area contributed by atoms with E-state index in [0.717, 1.165) is 25.7 Å². The van der Waals surface area contributed by atoms with Crippen LogP contribution in [0.4, 0.5) is 0 Å². The average Bonchev–Trinajstić information content (AvgIpc) is 2.38. The Morgan fingerprint density at radius 2 is 1.40 bits per heavy atom. The molecule has 0 aromatic rings. The fourth-order valence-corrected chi connectivity index (χ4v) is 4.27. The molecule has 20 heavy (non-hydrogen) atoms. The van der Waals surface area contributed by atoms with Gasteiger partial charge in [0.25, 0.3) is 0 Å². The van der Waals surface area contributed by atoms with Crippen LogP contribution in [-0.4, -0.2) is 16.1 Å². The van der Waals surface area contributed by atoms with E-state index in [9.17, 15) is 4.21 Å². The topological polar surface area (TPSA) is 26.3 Å². The van der Waals surface area contributed by atoms with E-state index in [4.69, 9.17) is 15.4 Å². The Labute approximate surface area is 131 Å². The van der Waals surface area contributed by atoms with Gasteiger partial charge in [0.15, 0.2) is 0 Å².